The van der Waals surface area contributed by atoms with Crippen molar-refractivity contribution in [2.75, 3.05) is 0 Å². The number of aromatic nitrogens is 1. The van der Waals surface area contributed by atoms with Crippen molar-refractivity contribution >= 4 is 35.3 Å². The Balaban J connectivity index is 1.61. The van der Waals surface area contributed by atoms with Gasteiger partial charge >= 0.3 is 0 Å². The maximum atomic E-state index is 13.2. The number of carbonyl (C=O) groups is 2. The first-order valence-corrected chi connectivity index (χ1v) is 13.5. The summed E-state index contributed by atoms with van der Waals surface area (Å²) in [7, 11) is 0. The van der Waals surface area contributed by atoms with Crippen LogP contribution in [0.1, 0.15) is 70.5 Å². The third-order valence-electron chi connectivity index (χ3n) is 8.09. The molecule has 0 radical (unpaired) electrons. The molecule has 1 aromatic rings. The number of nitrogens with zero attached hydrogens (tertiary/aromatic N) is 2. The van der Waals surface area contributed by atoms with E-state index in [-0.39, 0.29) is 42.5 Å². The molecule has 10 heteroatoms. The van der Waals surface area contributed by atoms with Crippen molar-refractivity contribution in [1.82, 2.24) is 10.3 Å². The number of carbonyl (C=O) groups excluding carboxylic acids is 2. The van der Waals surface area contributed by atoms with Crippen molar-refractivity contribution in [3.05, 3.63) is 21.7 Å². The summed E-state index contributed by atoms with van der Waals surface area (Å²) in [5.41, 5.74) is -0.244. The highest BCUT2D eigenvalue weighted by atomic mass is 32.1. The highest BCUT2D eigenvalue weighted by Gasteiger charge is 2.53. The van der Waals surface area contributed by atoms with Gasteiger partial charge in [0.2, 0.25) is 5.91 Å². The van der Waals surface area contributed by atoms with E-state index in [4.69, 9.17) is 4.74 Å². The fourth-order valence-corrected chi connectivity index (χ4v) is 5.99. The van der Waals surface area contributed by atoms with Gasteiger partial charge in [-0.25, -0.2) is 4.98 Å². The molecule has 5 unspecified atom stereocenters. The first kappa shape index (κ1) is 27.1. The Kier molecular flexibility index (Phi) is 7.83. The molecular weight excluding hydrogens is 482 g/mol. The number of fused-ring (bicyclic) bond motifs is 3. The zero-order valence-corrected chi connectivity index (χ0v) is 22.1. The van der Waals surface area contributed by atoms with E-state index in [9.17, 15) is 24.9 Å². The SMILES string of the molecule is C/C(=C\c1csc(CO)n1)C1C[C@@H]2O[C@]2(C)CCCC2C=NC(C)(C(=O)C(C)[C@H]2O)C(O)CC(=O)N1. The van der Waals surface area contributed by atoms with Crippen LogP contribution in [0.5, 0.6) is 0 Å². The van der Waals surface area contributed by atoms with Crippen LogP contribution in [0.25, 0.3) is 6.08 Å². The van der Waals surface area contributed by atoms with Crippen molar-refractivity contribution < 1.29 is 29.6 Å². The summed E-state index contributed by atoms with van der Waals surface area (Å²) in [6, 6.07) is -0.354. The van der Waals surface area contributed by atoms with Crippen LogP contribution in [0.2, 0.25) is 0 Å². The Labute approximate surface area is 215 Å². The first-order chi connectivity index (χ1) is 17.0. The average molecular weight is 520 g/mol. The van der Waals surface area contributed by atoms with E-state index in [2.05, 4.69) is 22.2 Å². The molecule has 4 heterocycles. The summed E-state index contributed by atoms with van der Waals surface area (Å²) < 4.78 is 6.07. The third kappa shape index (κ3) is 5.47. The molecule has 8 atom stereocenters. The highest BCUT2D eigenvalue weighted by Crippen LogP contribution is 2.44. The predicted molar refractivity (Wildman–Crippen MR) is 137 cm³/mol. The van der Waals surface area contributed by atoms with Gasteiger partial charge in [0.15, 0.2) is 5.78 Å². The Morgan fingerprint density at radius 3 is 2.78 bits per heavy atom. The number of hydrogen-bond acceptors (Lipinski definition) is 9. The molecule has 9 nitrogen and oxygen atoms in total. The fraction of sp³-hybridized carbons (Fsp3) is 0.692. The number of thiazole rings is 1. The number of nitrogens with one attached hydrogen (secondary N) is 1. The summed E-state index contributed by atoms with van der Waals surface area (Å²) in [4.78, 5) is 35.2. The van der Waals surface area contributed by atoms with Crippen LogP contribution in [0, 0.1) is 11.8 Å². The van der Waals surface area contributed by atoms with Crippen molar-refractivity contribution in [2.24, 2.45) is 16.8 Å². The van der Waals surface area contributed by atoms with Crippen LogP contribution < -0.4 is 5.32 Å². The van der Waals surface area contributed by atoms with Gasteiger partial charge in [-0.05, 0) is 51.7 Å². The van der Waals surface area contributed by atoms with E-state index >= 15 is 0 Å². The molecule has 1 fully saturated rings. The fourth-order valence-electron chi connectivity index (χ4n) is 5.38. The van der Waals surface area contributed by atoms with E-state index in [0.717, 1.165) is 18.4 Å². The number of rotatable bonds is 3. The lowest BCUT2D eigenvalue weighted by atomic mass is 9.79. The number of ether oxygens (including phenoxy) is 1. The molecule has 4 N–H and O–H groups in total. The Hall–Kier alpha value is -1.98. The summed E-state index contributed by atoms with van der Waals surface area (Å²) in [5.74, 6) is -1.79. The zero-order valence-electron chi connectivity index (χ0n) is 21.3. The van der Waals surface area contributed by atoms with E-state index in [1.807, 2.05) is 18.4 Å². The number of hydrogen-bond donors (Lipinski definition) is 4. The molecule has 1 saturated heterocycles. The Bertz CT molecular complexity index is 1060. The van der Waals surface area contributed by atoms with Crippen molar-refractivity contribution in [3.63, 3.8) is 0 Å². The van der Waals surface area contributed by atoms with Crippen LogP contribution in [0.15, 0.2) is 15.9 Å². The van der Waals surface area contributed by atoms with Gasteiger partial charge in [-0.2, -0.15) is 0 Å². The third-order valence-corrected chi connectivity index (χ3v) is 8.94. The molecular formula is C26H37N3O6S. The van der Waals surface area contributed by atoms with Gasteiger partial charge < -0.3 is 25.4 Å². The maximum absolute atomic E-state index is 13.2. The van der Waals surface area contributed by atoms with Crippen molar-refractivity contribution in [3.8, 4) is 0 Å². The number of epoxide rings is 1. The van der Waals surface area contributed by atoms with E-state index in [0.29, 0.717) is 23.5 Å². The van der Waals surface area contributed by atoms with Crippen LogP contribution in [0.4, 0.5) is 0 Å². The van der Waals surface area contributed by atoms with E-state index in [1.54, 1.807) is 20.1 Å². The van der Waals surface area contributed by atoms with Crippen LogP contribution in [-0.4, -0.2) is 73.7 Å². The quantitative estimate of drug-likeness (QED) is 0.447. The predicted octanol–water partition coefficient (Wildman–Crippen LogP) is 2.03. The summed E-state index contributed by atoms with van der Waals surface area (Å²) in [5, 5.41) is 36.7. The molecule has 3 aliphatic heterocycles. The summed E-state index contributed by atoms with van der Waals surface area (Å²) in [6.07, 6.45) is 3.70. The second-order valence-electron chi connectivity index (χ2n) is 10.8. The average Bonchev–Trinajstić information content (AvgIpc) is 3.26. The lowest BCUT2D eigenvalue weighted by Gasteiger charge is -2.31. The van der Waals surface area contributed by atoms with Crippen molar-refractivity contribution in [1.29, 1.82) is 0 Å². The van der Waals surface area contributed by atoms with Gasteiger partial charge in [0.25, 0.3) is 0 Å². The van der Waals surface area contributed by atoms with Gasteiger partial charge in [0.1, 0.15) is 10.5 Å². The summed E-state index contributed by atoms with van der Waals surface area (Å²) >= 11 is 1.37. The van der Waals surface area contributed by atoms with Crippen molar-refractivity contribution in [2.45, 2.75) is 102 Å². The molecule has 2 bridgehead atoms. The Morgan fingerprint density at radius 2 is 2.08 bits per heavy atom. The van der Waals surface area contributed by atoms with Crippen LogP contribution in [-0.2, 0) is 20.9 Å². The van der Waals surface area contributed by atoms with Gasteiger partial charge in [0.05, 0.1) is 48.7 Å². The lowest BCUT2D eigenvalue weighted by molar-refractivity contribution is -0.136. The number of aliphatic imine (C=N–C) groups is 1. The number of aliphatic hydroxyl groups is 3. The molecule has 0 saturated carbocycles. The van der Waals surface area contributed by atoms with Gasteiger partial charge in [-0.1, -0.05) is 6.92 Å². The maximum Gasteiger partial charge on any atom is 0.223 e. The molecule has 0 aromatic carbocycles. The number of aliphatic hydroxyl groups excluding tert-OH is 3. The Morgan fingerprint density at radius 1 is 1.33 bits per heavy atom. The molecule has 1 amide bonds. The highest BCUT2D eigenvalue weighted by molar-refractivity contribution is 7.09. The minimum absolute atomic E-state index is 0.0413. The molecule has 1 aromatic heterocycles. The van der Waals surface area contributed by atoms with E-state index < -0.39 is 29.6 Å². The second kappa shape index (κ2) is 10.4. The first-order valence-electron chi connectivity index (χ1n) is 12.6. The van der Waals surface area contributed by atoms with Crippen LogP contribution >= 0.6 is 11.3 Å². The number of Topliss-reactive ketones (excluding diaryl/α,β-unsaturated/α-hetero) is 1. The molecule has 0 aliphatic carbocycles. The summed E-state index contributed by atoms with van der Waals surface area (Å²) in [6.45, 7) is 7.06. The lowest BCUT2D eigenvalue weighted by Crippen LogP contribution is -2.51. The van der Waals surface area contributed by atoms with Gasteiger partial charge in [0, 0.05) is 29.9 Å². The van der Waals surface area contributed by atoms with Crippen LogP contribution in [0.3, 0.4) is 0 Å². The van der Waals surface area contributed by atoms with Gasteiger partial charge in [-0.15, -0.1) is 11.3 Å². The monoisotopic (exact) mass is 519 g/mol. The number of ketones is 1. The second-order valence-corrected chi connectivity index (χ2v) is 11.8. The normalized spacial score (nSPS) is 40.1. The van der Waals surface area contributed by atoms with E-state index in [1.165, 1.54) is 11.3 Å². The molecule has 36 heavy (non-hydrogen) atoms. The number of amides is 1. The van der Waals surface area contributed by atoms with Gasteiger partial charge in [-0.3, -0.25) is 14.6 Å². The smallest absolute Gasteiger partial charge is 0.223 e. The minimum atomic E-state index is -1.51. The molecule has 3 aliphatic rings. The zero-order chi connectivity index (χ0) is 26.3. The molecule has 4 rings (SSSR count). The molecule has 198 valence electrons. The molecule has 0 spiro atoms. The largest absolute Gasteiger partial charge is 0.392 e. The minimum Gasteiger partial charge on any atom is -0.392 e. The topological polar surface area (TPSA) is 145 Å². The standard InChI is InChI=1S/C26H37N3O6S/c1-14(8-17-13-36-22(12-30)28-17)18-9-20-25(3,35-20)7-5-6-16-11-27-26(4,19(31)10-21(32)29-18)24(34)15(2)23(16)33/h8,11,13,15-16,18-20,23,30-31,33H,5-7,9-10,12H2,1-4H3,(H,29,32)/b14-8+/t15?,16?,18?,19?,20-,23+,25+,26?/m0/s1.